The molecule has 0 fully saturated rings. The topological polar surface area (TPSA) is 21.6 Å². The largest absolute Gasteiger partial charge is 0.395 e. The highest BCUT2D eigenvalue weighted by Crippen LogP contribution is 1.90. The minimum atomic E-state index is 0.500. The van der Waals surface area contributed by atoms with Gasteiger partial charge in [0.25, 0.3) is 0 Å². The molecule has 0 atom stereocenters. The average molecular weight is 125 g/mol. The zero-order chi connectivity index (χ0) is 7.11. The Kier molecular flexibility index (Phi) is 4.61. The van der Waals surface area contributed by atoms with Gasteiger partial charge in [0.1, 0.15) is 12.8 Å². The monoisotopic (exact) mass is 125 g/mol. The summed E-state index contributed by atoms with van der Waals surface area (Å²) >= 11 is 0. The van der Waals surface area contributed by atoms with E-state index in [1.807, 2.05) is 13.8 Å². The number of rotatable bonds is 3. The average Bonchev–Trinajstić information content (AvgIpc) is 1.80. The second-order valence-corrected chi connectivity index (χ2v) is 2.09. The van der Waals surface area contributed by atoms with Crippen molar-refractivity contribution < 1.29 is 4.84 Å². The SMILES string of the molecule is C#CC=NOCC(C)C. The lowest BCUT2D eigenvalue weighted by atomic mass is 10.2. The molecule has 2 nitrogen and oxygen atoms in total. The lowest BCUT2D eigenvalue weighted by Gasteiger charge is -1.99. The maximum absolute atomic E-state index is 4.87. The smallest absolute Gasteiger partial charge is 0.119 e. The van der Waals surface area contributed by atoms with Crippen molar-refractivity contribution in [2.24, 2.45) is 11.1 Å². The van der Waals surface area contributed by atoms with Crippen molar-refractivity contribution in [1.82, 2.24) is 0 Å². The Hall–Kier alpha value is -0.970. The van der Waals surface area contributed by atoms with Crippen molar-refractivity contribution in [1.29, 1.82) is 0 Å². The van der Waals surface area contributed by atoms with Gasteiger partial charge < -0.3 is 4.84 Å². The number of oxime groups is 1. The Bertz CT molecular complexity index is 121. The van der Waals surface area contributed by atoms with Crippen LogP contribution in [0.5, 0.6) is 0 Å². The lowest BCUT2D eigenvalue weighted by molar-refractivity contribution is 0.120. The van der Waals surface area contributed by atoms with Crippen LogP contribution in [0.4, 0.5) is 0 Å². The quantitative estimate of drug-likeness (QED) is 0.316. The number of hydrogen-bond acceptors (Lipinski definition) is 2. The molecular weight excluding hydrogens is 114 g/mol. The van der Waals surface area contributed by atoms with Crippen molar-refractivity contribution in [2.45, 2.75) is 13.8 Å². The Labute approximate surface area is 55.9 Å². The van der Waals surface area contributed by atoms with Gasteiger partial charge in [-0.1, -0.05) is 24.9 Å². The van der Waals surface area contributed by atoms with E-state index in [0.29, 0.717) is 12.5 Å². The molecule has 0 spiro atoms. The van der Waals surface area contributed by atoms with Crippen LogP contribution in [0, 0.1) is 18.3 Å². The molecule has 9 heavy (non-hydrogen) atoms. The van der Waals surface area contributed by atoms with E-state index in [2.05, 4.69) is 11.1 Å². The van der Waals surface area contributed by atoms with Gasteiger partial charge in [-0.05, 0) is 5.92 Å². The highest BCUT2D eigenvalue weighted by Gasteiger charge is 1.89. The van der Waals surface area contributed by atoms with Crippen molar-refractivity contribution in [3.8, 4) is 12.3 Å². The summed E-state index contributed by atoms with van der Waals surface area (Å²) in [6.45, 7) is 4.72. The molecule has 0 unspecified atom stereocenters. The Morgan fingerprint density at radius 3 is 2.89 bits per heavy atom. The highest BCUT2D eigenvalue weighted by atomic mass is 16.6. The summed E-state index contributed by atoms with van der Waals surface area (Å²) in [5.41, 5.74) is 0. The fourth-order valence-corrected chi connectivity index (χ4v) is 0.260. The van der Waals surface area contributed by atoms with Gasteiger partial charge in [-0.3, -0.25) is 0 Å². The molecule has 0 aromatic carbocycles. The summed E-state index contributed by atoms with van der Waals surface area (Å²) in [6.07, 6.45) is 6.16. The Morgan fingerprint density at radius 1 is 1.78 bits per heavy atom. The maximum Gasteiger partial charge on any atom is 0.119 e. The molecule has 2 heteroatoms. The van der Waals surface area contributed by atoms with Crippen LogP contribution in [-0.4, -0.2) is 12.8 Å². The second-order valence-electron chi connectivity index (χ2n) is 2.09. The fraction of sp³-hybridized carbons (Fsp3) is 0.571. The van der Waals surface area contributed by atoms with E-state index >= 15 is 0 Å². The third kappa shape index (κ3) is 7.03. The molecule has 0 aromatic rings. The summed E-state index contributed by atoms with van der Waals surface area (Å²) in [5.74, 6) is 2.72. The molecule has 0 aliphatic carbocycles. The van der Waals surface area contributed by atoms with Crippen LogP contribution in [0.25, 0.3) is 0 Å². The fourth-order valence-electron chi connectivity index (χ4n) is 0.260. The van der Waals surface area contributed by atoms with E-state index < -0.39 is 0 Å². The Morgan fingerprint density at radius 2 is 2.44 bits per heavy atom. The number of hydrogen-bond donors (Lipinski definition) is 0. The molecule has 0 aliphatic rings. The first-order valence-electron chi connectivity index (χ1n) is 2.87. The number of nitrogens with zero attached hydrogens (tertiary/aromatic N) is 1. The van der Waals surface area contributed by atoms with Crippen molar-refractivity contribution >= 4 is 6.21 Å². The molecule has 0 N–H and O–H groups in total. The van der Waals surface area contributed by atoms with Gasteiger partial charge in [0, 0.05) is 0 Å². The van der Waals surface area contributed by atoms with E-state index in [9.17, 15) is 0 Å². The molecule has 0 saturated carbocycles. The van der Waals surface area contributed by atoms with Crippen molar-refractivity contribution in [3.63, 3.8) is 0 Å². The predicted molar refractivity (Wildman–Crippen MR) is 38.1 cm³/mol. The standard InChI is InChI=1S/C7H11NO/c1-4-5-8-9-6-7(2)3/h1,5,7H,6H2,2-3H3. The van der Waals surface area contributed by atoms with Crippen LogP contribution >= 0.6 is 0 Å². The minimum absolute atomic E-state index is 0.500. The van der Waals surface area contributed by atoms with Gasteiger partial charge in [0.15, 0.2) is 0 Å². The summed E-state index contributed by atoms with van der Waals surface area (Å²) in [5, 5.41) is 3.47. The van der Waals surface area contributed by atoms with Crippen molar-refractivity contribution in [2.75, 3.05) is 6.61 Å². The van der Waals surface area contributed by atoms with E-state index in [4.69, 9.17) is 11.3 Å². The summed E-state index contributed by atoms with van der Waals surface area (Å²) < 4.78 is 0. The molecule has 0 heterocycles. The van der Waals surface area contributed by atoms with Gasteiger partial charge in [-0.15, -0.1) is 6.42 Å². The normalized spacial score (nSPS) is 10.0. The van der Waals surface area contributed by atoms with E-state index in [1.165, 1.54) is 6.21 Å². The molecule has 0 rings (SSSR count). The first kappa shape index (κ1) is 8.03. The lowest BCUT2D eigenvalue weighted by Crippen LogP contribution is -1.96. The summed E-state index contributed by atoms with van der Waals surface area (Å²) in [6, 6.07) is 0. The van der Waals surface area contributed by atoms with Gasteiger partial charge >= 0.3 is 0 Å². The third-order valence-corrected chi connectivity index (χ3v) is 0.610. The molecule has 0 aromatic heterocycles. The highest BCUT2D eigenvalue weighted by molar-refractivity contribution is 5.76. The van der Waals surface area contributed by atoms with Crippen LogP contribution in [0.2, 0.25) is 0 Å². The van der Waals surface area contributed by atoms with E-state index in [1.54, 1.807) is 0 Å². The Balaban J connectivity index is 3.12. The molecule has 0 radical (unpaired) electrons. The van der Waals surface area contributed by atoms with Crippen molar-refractivity contribution in [3.05, 3.63) is 0 Å². The number of terminal acetylenes is 1. The summed E-state index contributed by atoms with van der Waals surface area (Å²) in [7, 11) is 0. The third-order valence-electron chi connectivity index (χ3n) is 0.610. The van der Waals surface area contributed by atoms with Crippen LogP contribution in [0.1, 0.15) is 13.8 Å². The molecule has 0 saturated heterocycles. The second kappa shape index (κ2) is 5.17. The molecule has 0 bridgehead atoms. The van der Waals surface area contributed by atoms with E-state index in [0.717, 1.165) is 0 Å². The summed E-state index contributed by atoms with van der Waals surface area (Å²) in [4.78, 5) is 4.76. The van der Waals surface area contributed by atoms with Gasteiger partial charge in [-0.2, -0.15) is 0 Å². The maximum atomic E-state index is 4.87. The molecule has 50 valence electrons. The zero-order valence-electron chi connectivity index (χ0n) is 5.79. The minimum Gasteiger partial charge on any atom is -0.395 e. The predicted octanol–water partition coefficient (Wildman–Crippen LogP) is 1.28. The first-order valence-corrected chi connectivity index (χ1v) is 2.87. The van der Waals surface area contributed by atoms with Gasteiger partial charge in [0.05, 0.1) is 0 Å². The van der Waals surface area contributed by atoms with Crippen LogP contribution in [0.3, 0.4) is 0 Å². The molecule has 0 aliphatic heterocycles. The molecular formula is C7H11NO. The van der Waals surface area contributed by atoms with Gasteiger partial charge in [0.2, 0.25) is 0 Å². The van der Waals surface area contributed by atoms with Gasteiger partial charge in [-0.25, -0.2) is 0 Å². The zero-order valence-corrected chi connectivity index (χ0v) is 5.79. The van der Waals surface area contributed by atoms with Crippen LogP contribution in [0.15, 0.2) is 5.16 Å². The molecule has 0 amide bonds. The van der Waals surface area contributed by atoms with E-state index in [-0.39, 0.29) is 0 Å². The van der Waals surface area contributed by atoms with Crippen LogP contribution < -0.4 is 0 Å². The van der Waals surface area contributed by atoms with Crippen LogP contribution in [-0.2, 0) is 4.84 Å². The first-order chi connectivity index (χ1) is 4.27.